The van der Waals surface area contributed by atoms with E-state index in [0.29, 0.717) is 27.3 Å². The molecule has 0 unspecified atom stereocenters. The third-order valence-electron chi connectivity index (χ3n) is 3.07. The highest BCUT2D eigenvalue weighted by Crippen LogP contribution is 2.37. The summed E-state index contributed by atoms with van der Waals surface area (Å²) in [5.74, 6) is 1.05. The van der Waals surface area contributed by atoms with E-state index < -0.39 is 5.91 Å². The zero-order chi connectivity index (χ0) is 17.7. The van der Waals surface area contributed by atoms with Gasteiger partial charge in [-0.05, 0) is 28.1 Å². The second-order valence-electron chi connectivity index (χ2n) is 4.66. The molecule has 24 heavy (non-hydrogen) atoms. The molecule has 0 saturated heterocycles. The van der Waals surface area contributed by atoms with Crippen molar-refractivity contribution in [2.45, 2.75) is 0 Å². The first-order valence-corrected chi connectivity index (χ1v) is 7.62. The van der Waals surface area contributed by atoms with Gasteiger partial charge in [0.25, 0.3) is 5.91 Å². The Morgan fingerprint density at radius 3 is 2.33 bits per heavy atom. The van der Waals surface area contributed by atoms with E-state index in [-0.39, 0.29) is 5.69 Å². The zero-order valence-corrected chi connectivity index (χ0v) is 15.2. The van der Waals surface area contributed by atoms with Gasteiger partial charge in [0.2, 0.25) is 5.75 Å². The number of benzene rings is 1. The average Bonchev–Trinajstić information content (AvgIpc) is 2.92. The Kier molecular flexibility index (Phi) is 5.80. The molecule has 0 bridgehead atoms. The smallest absolute Gasteiger partial charge is 0.293 e. The van der Waals surface area contributed by atoms with Crippen LogP contribution in [0, 0.1) is 0 Å². The Morgan fingerprint density at radius 1 is 1.25 bits per heavy atom. The lowest BCUT2D eigenvalue weighted by Gasteiger charge is -2.12. The van der Waals surface area contributed by atoms with Crippen LogP contribution in [0.1, 0.15) is 16.1 Å². The average molecular weight is 397 g/mol. The Balaban J connectivity index is 2.17. The summed E-state index contributed by atoms with van der Waals surface area (Å²) in [7, 11) is 6.30. The van der Waals surface area contributed by atoms with Crippen LogP contribution in [0.4, 0.5) is 0 Å². The van der Waals surface area contributed by atoms with Gasteiger partial charge >= 0.3 is 0 Å². The number of carbonyl (C=O) groups excluding carboxylic acids is 1. The van der Waals surface area contributed by atoms with Gasteiger partial charge in [-0.2, -0.15) is 10.2 Å². The van der Waals surface area contributed by atoms with Crippen LogP contribution in [-0.4, -0.2) is 43.2 Å². The summed E-state index contributed by atoms with van der Waals surface area (Å²) < 4.78 is 17.9. The van der Waals surface area contributed by atoms with Crippen LogP contribution in [-0.2, 0) is 7.05 Å². The summed E-state index contributed by atoms with van der Waals surface area (Å²) in [5.41, 5.74) is 3.34. The molecule has 8 nitrogen and oxygen atoms in total. The lowest BCUT2D eigenvalue weighted by molar-refractivity contribution is 0.0948. The third kappa shape index (κ3) is 3.85. The Morgan fingerprint density at radius 2 is 1.88 bits per heavy atom. The number of nitrogens with zero attached hydrogens (tertiary/aromatic N) is 3. The minimum Gasteiger partial charge on any atom is -0.493 e. The minimum atomic E-state index is -0.425. The summed E-state index contributed by atoms with van der Waals surface area (Å²) in [6.07, 6.45) is 3.15. The lowest BCUT2D eigenvalue weighted by atomic mass is 10.2. The number of hydrogen-bond acceptors (Lipinski definition) is 6. The van der Waals surface area contributed by atoms with Crippen molar-refractivity contribution in [3.05, 3.63) is 34.1 Å². The lowest BCUT2D eigenvalue weighted by Crippen LogP contribution is -2.19. The molecule has 128 valence electrons. The van der Waals surface area contributed by atoms with Crippen LogP contribution in [0.15, 0.2) is 27.9 Å². The van der Waals surface area contributed by atoms with Gasteiger partial charge in [-0.15, -0.1) is 0 Å². The molecule has 1 amide bonds. The first kappa shape index (κ1) is 17.8. The number of hydrazone groups is 1. The maximum Gasteiger partial charge on any atom is 0.293 e. The predicted molar refractivity (Wildman–Crippen MR) is 92.1 cm³/mol. The minimum absolute atomic E-state index is 0.250. The second kappa shape index (κ2) is 7.82. The molecule has 9 heteroatoms. The van der Waals surface area contributed by atoms with Crippen molar-refractivity contribution in [3.8, 4) is 17.2 Å². The highest BCUT2D eigenvalue weighted by Gasteiger charge is 2.14. The third-order valence-corrected chi connectivity index (χ3v) is 3.65. The second-order valence-corrected chi connectivity index (χ2v) is 5.51. The summed E-state index contributed by atoms with van der Waals surface area (Å²) >= 11 is 3.27. The van der Waals surface area contributed by atoms with E-state index in [2.05, 4.69) is 31.6 Å². The highest BCUT2D eigenvalue weighted by molar-refractivity contribution is 9.10. The maximum absolute atomic E-state index is 12.0. The van der Waals surface area contributed by atoms with Gasteiger partial charge in [0.1, 0.15) is 0 Å². The molecule has 0 aliphatic rings. The van der Waals surface area contributed by atoms with E-state index in [1.165, 1.54) is 32.2 Å². The first-order valence-electron chi connectivity index (χ1n) is 6.82. The zero-order valence-electron chi connectivity index (χ0n) is 13.7. The molecule has 0 aliphatic heterocycles. The summed E-state index contributed by atoms with van der Waals surface area (Å²) in [6.45, 7) is 0. The molecule has 0 atom stereocenters. The number of amides is 1. The molecule has 1 aromatic carbocycles. The molecule has 0 spiro atoms. The van der Waals surface area contributed by atoms with Crippen LogP contribution in [0.2, 0.25) is 0 Å². The number of hydrogen-bond donors (Lipinski definition) is 1. The molecular weight excluding hydrogens is 380 g/mol. The van der Waals surface area contributed by atoms with E-state index in [4.69, 9.17) is 14.2 Å². The fourth-order valence-corrected chi connectivity index (χ4v) is 2.56. The van der Waals surface area contributed by atoms with Crippen molar-refractivity contribution >= 4 is 28.1 Å². The number of aromatic nitrogens is 2. The van der Waals surface area contributed by atoms with Crippen LogP contribution < -0.4 is 19.6 Å². The van der Waals surface area contributed by atoms with E-state index in [9.17, 15) is 4.79 Å². The van der Waals surface area contributed by atoms with Crippen LogP contribution in [0.5, 0.6) is 17.2 Å². The number of aryl methyl sites for hydroxylation is 1. The van der Waals surface area contributed by atoms with E-state index in [1.807, 2.05) is 0 Å². The fourth-order valence-electron chi connectivity index (χ4n) is 2.01. The fraction of sp³-hybridized carbons (Fsp3) is 0.267. The number of methoxy groups -OCH3 is 3. The Hall–Kier alpha value is -2.55. The van der Waals surface area contributed by atoms with Crippen LogP contribution in [0.25, 0.3) is 0 Å². The molecule has 1 N–H and O–H groups in total. The van der Waals surface area contributed by atoms with Gasteiger partial charge in [-0.3, -0.25) is 9.48 Å². The molecule has 2 aromatic rings. The molecule has 1 heterocycles. The van der Waals surface area contributed by atoms with Gasteiger partial charge in [0.05, 0.1) is 32.0 Å². The summed E-state index contributed by atoms with van der Waals surface area (Å²) in [5, 5.41) is 7.97. The molecule has 2 rings (SSSR count). The number of nitrogens with one attached hydrogen (secondary N) is 1. The van der Waals surface area contributed by atoms with Gasteiger partial charge in [-0.1, -0.05) is 0 Å². The topological polar surface area (TPSA) is 87.0 Å². The highest BCUT2D eigenvalue weighted by atomic mass is 79.9. The molecule has 0 radical (unpaired) electrons. The molecule has 1 aromatic heterocycles. The SMILES string of the molecule is COc1cc(/C=N\NC(=O)c2nn(C)cc2Br)cc(OC)c1OC. The van der Waals surface area contributed by atoms with Crippen LogP contribution in [0.3, 0.4) is 0 Å². The van der Waals surface area contributed by atoms with Gasteiger partial charge in [0, 0.05) is 18.8 Å². The van der Waals surface area contributed by atoms with Gasteiger partial charge < -0.3 is 14.2 Å². The first-order chi connectivity index (χ1) is 11.5. The molecule has 0 fully saturated rings. The van der Waals surface area contributed by atoms with E-state index in [1.54, 1.807) is 25.4 Å². The van der Waals surface area contributed by atoms with Gasteiger partial charge in [-0.25, -0.2) is 5.43 Å². The normalized spacial score (nSPS) is 10.7. The molecular formula is C15H17BrN4O4. The number of halogens is 1. The largest absolute Gasteiger partial charge is 0.493 e. The number of carbonyl (C=O) groups is 1. The van der Waals surface area contributed by atoms with Crippen molar-refractivity contribution in [2.24, 2.45) is 12.1 Å². The van der Waals surface area contributed by atoms with Crippen molar-refractivity contribution in [1.82, 2.24) is 15.2 Å². The number of rotatable bonds is 6. The predicted octanol–water partition coefficient (Wildman–Crippen LogP) is 1.97. The Labute approximate surface area is 147 Å². The van der Waals surface area contributed by atoms with Crippen molar-refractivity contribution in [3.63, 3.8) is 0 Å². The number of ether oxygens (including phenoxy) is 3. The van der Waals surface area contributed by atoms with Crippen LogP contribution >= 0.6 is 15.9 Å². The van der Waals surface area contributed by atoms with E-state index in [0.717, 1.165) is 0 Å². The monoisotopic (exact) mass is 396 g/mol. The molecule has 0 saturated carbocycles. The van der Waals surface area contributed by atoms with E-state index >= 15 is 0 Å². The summed E-state index contributed by atoms with van der Waals surface area (Å²) in [4.78, 5) is 12.0. The standard InChI is InChI=1S/C15H17BrN4O4/c1-20-8-10(16)13(19-20)15(21)18-17-7-9-5-11(22-2)14(24-4)12(6-9)23-3/h5-8H,1-4H3,(H,18,21)/b17-7-. The quantitative estimate of drug-likeness (QED) is 0.595. The van der Waals surface area contributed by atoms with Crippen molar-refractivity contribution < 1.29 is 19.0 Å². The maximum atomic E-state index is 12.0. The Bertz CT molecular complexity index is 748. The summed E-state index contributed by atoms with van der Waals surface area (Å²) in [6, 6.07) is 3.43. The van der Waals surface area contributed by atoms with Crippen molar-refractivity contribution in [1.29, 1.82) is 0 Å². The van der Waals surface area contributed by atoms with Gasteiger partial charge in [0.15, 0.2) is 17.2 Å². The molecule has 0 aliphatic carbocycles. The van der Waals surface area contributed by atoms with Crippen molar-refractivity contribution in [2.75, 3.05) is 21.3 Å².